The van der Waals surface area contributed by atoms with Gasteiger partial charge in [0, 0.05) is 19.6 Å². The number of aromatic nitrogens is 2. The maximum atomic E-state index is 12.8. The molecule has 1 aromatic heterocycles. The van der Waals surface area contributed by atoms with Crippen LogP contribution in [0.2, 0.25) is 0 Å². The molecule has 1 aromatic carbocycles. The molecule has 0 N–H and O–H groups in total. The number of ether oxygens (including phenoxy) is 1. The Morgan fingerprint density at radius 2 is 2.08 bits per heavy atom. The van der Waals surface area contributed by atoms with E-state index in [9.17, 15) is 8.42 Å². The van der Waals surface area contributed by atoms with Crippen molar-refractivity contribution >= 4 is 32.8 Å². The van der Waals surface area contributed by atoms with Gasteiger partial charge in [0.1, 0.15) is 0 Å². The van der Waals surface area contributed by atoms with Crippen molar-refractivity contribution in [2.45, 2.75) is 30.4 Å². The van der Waals surface area contributed by atoms with E-state index in [1.54, 1.807) is 23.9 Å². The third-order valence-corrected chi connectivity index (χ3v) is 6.81. The average molecular weight is 380 g/mol. The molecule has 3 rings (SSSR count). The van der Waals surface area contributed by atoms with Crippen molar-refractivity contribution in [1.82, 2.24) is 13.9 Å². The molecule has 0 atom stereocenters. The zero-order valence-corrected chi connectivity index (χ0v) is 16.0. The molecule has 2 heterocycles. The zero-order valence-electron chi connectivity index (χ0n) is 14.4. The van der Waals surface area contributed by atoms with E-state index in [0.29, 0.717) is 37.6 Å². The van der Waals surface area contributed by atoms with E-state index >= 15 is 0 Å². The second kappa shape index (κ2) is 7.79. The van der Waals surface area contributed by atoms with Gasteiger partial charge in [-0.25, -0.2) is 13.4 Å². The Kier molecular flexibility index (Phi) is 5.69. The molecular weight excluding hydrogens is 358 g/mol. The van der Waals surface area contributed by atoms with Crippen LogP contribution in [0.25, 0.3) is 11.0 Å². The summed E-state index contributed by atoms with van der Waals surface area (Å²) < 4.78 is 34.4. The summed E-state index contributed by atoms with van der Waals surface area (Å²) in [5.74, 6) is 6.55. The summed E-state index contributed by atoms with van der Waals surface area (Å²) in [4.78, 5) is 4.91. The summed E-state index contributed by atoms with van der Waals surface area (Å²) >= 11 is 1.57. The molecule has 0 radical (unpaired) electrons. The van der Waals surface area contributed by atoms with Gasteiger partial charge >= 0.3 is 0 Å². The van der Waals surface area contributed by atoms with Crippen molar-refractivity contribution in [2.75, 3.05) is 32.1 Å². The molecule has 2 aromatic rings. The molecular formula is C17H21N3O3S2. The van der Waals surface area contributed by atoms with Crippen LogP contribution in [0.4, 0.5) is 0 Å². The topological polar surface area (TPSA) is 64.4 Å². The molecule has 0 amide bonds. The number of hydrogen-bond donors (Lipinski definition) is 0. The highest BCUT2D eigenvalue weighted by molar-refractivity contribution is 7.99. The van der Waals surface area contributed by atoms with E-state index < -0.39 is 10.0 Å². The minimum absolute atomic E-state index is 0.285. The molecule has 1 aliphatic heterocycles. The zero-order chi connectivity index (χ0) is 17.9. The first-order valence-corrected chi connectivity index (χ1v) is 10.6. The lowest BCUT2D eigenvalue weighted by molar-refractivity contribution is 0.0730. The first-order valence-electron chi connectivity index (χ1n) is 8.18. The fourth-order valence-corrected chi connectivity index (χ4v) is 5.09. The van der Waals surface area contributed by atoms with Gasteiger partial charge in [-0.15, -0.1) is 5.92 Å². The standard InChI is InChI=1S/C17H21N3O3S2/c1-3-5-12-24-17-18-15-13-14(6-7-16(15)20(17)4-2)25(21,22)19-8-10-23-11-9-19/h6-7,13H,4,8-12H2,1-2H3. The molecule has 0 unspecified atom stereocenters. The largest absolute Gasteiger partial charge is 0.379 e. The maximum absolute atomic E-state index is 12.8. The third-order valence-electron chi connectivity index (χ3n) is 4.06. The van der Waals surface area contributed by atoms with Gasteiger partial charge in [0.15, 0.2) is 5.16 Å². The fourth-order valence-electron chi connectivity index (χ4n) is 2.77. The number of benzene rings is 1. The van der Waals surface area contributed by atoms with Gasteiger partial charge < -0.3 is 9.30 Å². The summed E-state index contributed by atoms with van der Waals surface area (Å²) in [6, 6.07) is 5.18. The lowest BCUT2D eigenvalue weighted by Crippen LogP contribution is -2.40. The number of fused-ring (bicyclic) bond motifs is 1. The van der Waals surface area contributed by atoms with Crippen LogP contribution in [0, 0.1) is 11.8 Å². The van der Waals surface area contributed by atoms with Crippen molar-refractivity contribution in [3.05, 3.63) is 18.2 Å². The molecule has 0 bridgehead atoms. The average Bonchev–Trinajstić information content (AvgIpc) is 2.99. The van der Waals surface area contributed by atoms with Crippen LogP contribution in [0.5, 0.6) is 0 Å². The van der Waals surface area contributed by atoms with Crippen molar-refractivity contribution in [2.24, 2.45) is 0 Å². The fraction of sp³-hybridized carbons (Fsp3) is 0.471. The Bertz CT molecular complexity index is 920. The number of nitrogens with zero attached hydrogens (tertiary/aromatic N) is 3. The molecule has 134 valence electrons. The Morgan fingerprint density at radius 3 is 2.76 bits per heavy atom. The predicted molar refractivity (Wildman–Crippen MR) is 99.2 cm³/mol. The lowest BCUT2D eigenvalue weighted by Gasteiger charge is -2.26. The Morgan fingerprint density at radius 1 is 1.32 bits per heavy atom. The lowest BCUT2D eigenvalue weighted by atomic mass is 10.3. The normalized spacial score (nSPS) is 15.9. The van der Waals surface area contributed by atoms with Gasteiger partial charge in [0.25, 0.3) is 0 Å². The monoisotopic (exact) mass is 379 g/mol. The summed E-state index contributed by atoms with van der Waals surface area (Å²) in [6.07, 6.45) is 0. The molecule has 0 aliphatic carbocycles. The van der Waals surface area contributed by atoms with Crippen LogP contribution in [0.15, 0.2) is 28.3 Å². The van der Waals surface area contributed by atoms with E-state index in [1.807, 2.05) is 13.0 Å². The summed E-state index contributed by atoms with van der Waals surface area (Å²) in [5.41, 5.74) is 1.64. The predicted octanol–water partition coefficient (Wildman–Crippen LogP) is 2.19. The molecule has 25 heavy (non-hydrogen) atoms. The van der Waals surface area contributed by atoms with E-state index in [-0.39, 0.29) is 4.90 Å². The Hall–Kier alpha value is -1.53. The van der Waals surface area contributed by atoms with E-state index in [1.165, 1.54) is 4.31 Å². The Labute approximate surface area is 152 Å². The Balaban J connectivity index is 1.97. The molecule has 6 nitrogen and oxygen atoms in total. The van der Waals surface area contributed by atoms with Crippen LogP contribution in [-0.2, 0) is 21.3 Å². The van der Waals surface area contributed by atoms with Crippen molar-refractivity contribution in [1.29, 1.82) is 0 Å². The van der Waals surface area contributed by atoms with E-state index in [4.69, 9.17) is 4.74 Å². The second-order valence-corrected chi connectivity index (χ2v) is 8.40. The molecule has 1 saturated heterocycles. The molecule has 1 aliphatic rings. The highest BCUT2D eigenvalue weighted by atomic mass is 32.2. The number of imidazole rings is 1. The van der Waals surface area contributed by atoms with Gasteiger partial charge in [-0.2, -0.15) is 4.31 Å². The first kappa shape index (κ1) is 18.3. The summed E-state index contributed by atoms with van der Waals surface area (Å²) in [5, 5.41) is 0.862. The van der Waals surface area contributed by atoms with Gasteiger partial charge in [0.05, 0.1) is 34.9 Å². The first-order chi connectivity index (χ1) is 12.1. The van der Waals surface area contributed by atoms with Crippen LogP contribution < -0.4 is 0 Å². The van der Waals surface area contributed by atoms with Crippen molar-refractivity contribution in [3.63, 3.8) is 0 Å². The van der Waals surface area contributed by atoms with Crippen LogP contribution >= 0.6 is 11.8 Å². The molecule has 0 saturated carbocycles. The van der Waals surface area contributed by atoms with Crippen LogP contribution in [0.1, 0.15) is 13.8 Å². The summed E-state index contributed by atoms with van der Waals surface area (Å²) in [7, 11) is -3.51. The van der Waals surface area contributed by atoms with E-state index in [2.05, 4.69) is 28.3 Å². The number of thioether (sulfide) groups is 1. The molecule has 8 heteroatoms. The number of morpholine rings is 1. The minimum Gasteiger partial charge on any atom is -0.379 e. The highest BCUT2D eigenvalue weighted by Crippen LogP contribution is 2.27. The molecule has 0 spiro atoms. The van der Waals surface area contributed by atoms with E-state index in [0.717, 1.165) is 17.2 Å². The molecule has 1 fully saturated rings. The van der Waals surface area contributed by atoms with Crippen molar-refractivity contribution < 1.29 is 13.2 Å². The second-order valence-electron chi connectivity index (χ2n) is 5.52. The number of aryl methyl sites for hydroxylation is 1. The SMILES string of the molecule is CC#CCSc1nc2cc(S(=O)(=O)N3CCOCC3)ccc2n1CC. The quantitative estimate of drug-likeness (QED) is 0.589. The highest BCUT2D eigenvalue weighted by Gasteiger charge is 2.27. The van der Waals surface area contributed by atoms with Gasteiger partial charge in [-0.1, -0.05) is 17.7 Å². The van der Waals surface area contributed by atoms with Crippen LogP contribution in [-0.4, -0.2) is 54.3 Å². The smallest absolute Gasteiger partial charge is 0.243 e. The number of rotatable bonds is 5. The van der Waals surface area contributed by atoms with Crippen LogP contribution in [0.3, 0.4) is 0 Å². The van der Waals surface area contributed by atoms with Gasteiger partial charge in [-0.05, 0) is 32.0 Å². The number of sulfonamides is 1. The van der Waals surface area contributed by atoms with Crippen molar-refractivity contribution in [3.8, 4) is 11.8 Å². The summed E-state index contributed by atoms with van der Waals surface area (Å²) in [6.45, 7) is 6.28. The minimum atomic E-state index is -3.51. The number of hydrogen-bond acceptors (Lipinski definition) is 5. The van der Waals surface area contributed by atoms with Gasteiger partial charge in [-0.3, -0.25) is 0 Å². The van der Waals surface area contributed by atoms with Gasteiger partial charge in [0.2, 0.25) is 10.0 Å². The maximum Gasteiger partial charge on any atom is 0.243 e. The third kappa shape index (κ3) is 3.70.